The maximum absolute atomic E-state index is 12.1. The van der Waals surface area contributed by atoms with Crippen LogP contribution < -0.4 is 10.6 Å². The van der Waals surface area contributed by atoms with Crippen molar-refractivity contribution in [3.8, 4) is 0 Å². The molecule has 0 aliphatic carbocycles. The summed E-state index contributed by atoms with van der Waals surface area (Å²) in [5, 5.41) is 14.8. The fourth-order valence-electron chi connectivity index (χ4n) is 2.72. The van der Waals surface area contributed by atoms with Crippen LogP contribution in [0.15, 0.2) is 41.3 Å². The maximum atomic E-state index is 12.1. The Hall–Kier alpha value is -1.90. The average molecular weight is 390 g/mol. The number of likely N-dealkylation sites (tertiary alicyclic amines) is 1. The van der Waals surface area contributed by atoms with E-state index in [1.165, 1.54) is 54.6 Å². The zero-order valence-electron chi connectivity index (χ0n) is 14.6. The summed E-state index contributed by atoms with van der Waals surface area (Å²) in [5.41, 5.74) is 2.11. The maximum Gasteiger partial charge on any atom is 0.234 e. The largest absolute Gasteiger partial charge is 0.357 e. The van der Waals surface area contributed by atoms with E-state index in [1.807, 2.05) is 12.1 Å². The number of rotatable bonds is 9. The van der Waals surface area contributed by atoms with E-state index in [4.69, 9.17) is 0 Å². The molecule has 2 N–H and O–H groups in total. The standard InChI is InChI=1S/C18H23N5OS2/c1-2-9-19-17-21-22-18(26-17)25-13-16(24)20-15-7-5-14(6-8-15)12-23-10-3-4-11-23/h2,5-8H,1,3-4,9-13H2,(H,19,21)(H,20,24). The Bertz CT molecular complexity index is 725. The highest BCUT2D eigenvalue weighted by Gasteiger charge is 2.12. The quantitative estimate of drug-likeness (QED) is 0.506. The van der Waals surface area contributed by atoms with Crippen molar-refractivity contribution in [2.45, 2.75) is 23.7 Å². The van der Waals surface area contributed by atoms with Gasteiger partial charge in [-0.2, -0.15) is 0 Å². The van der Waals surface area contributed by atoms with Gasteiger partial charge in [-0.3, -0.25) is 9.69 Å². The molecule has 1 aliphatic heterocycles. The molecule has 0 unspecified atom stereocenters. The molecule has 0 atom stereocenters. The third-order valence-corrected chi connectivity index (χ3v) is 5.99. The van der Waals surface area contributed by atoms with E-state index in [9.17, 15) is 4.79 Å². The number of amides is 1. The summed E-state index contributed by atoms with van der Waals surface area (Å²) in [7, 11) is 0. The first-order valence-corrected chi connectivity index (χ1v) is 10.5. The van der Waals surface area contributed by atoms with Gasteiger partial charge < -0.3 is 10.6 Å². The molecule has 0 bridgehead atoms. The number of nitrogens with zero attached hydrogens (tertiary/aromatic N) is 3. The number of anilines is 2. The monoisotopic (exact) mass is 389 g/mol. The molecule has 138 valence electrons. The van der Waals surface area contributed by atoms with Gasteiger partial charge in [-0.25, -0.2) is 0 Å². The van der Waals surface area contributed by atoms with Gasteiger partial charge in [-0.15, -0.1) is 16.8 Å². The highest BCUT2D eigenvalue weighted by atomic mass is 32.2. The Labute approximate surface area is 162 Å². The molecule has 26 heavy (non-hydrogen) atoms. The van der Waals surface area contributed by atoms with Crippen LogP contribution in [-0.4, -0.2) is 46.4 Å². The van der Waals surface area contributed by atoms with Gasteiger partial charge in [0.15, 0.2) is 4.34 Å². The van der Waals surface area contributed by atoms with E-state index in [-0.39, 0.29) is 5.91 Å². The van der Waals surface area contributed by atoms with E-state index in [0.717, 1.165) is 21.7 Å². The van der Waals surface area contributed by atoms with Crippen LogP contribution in [0.25, 0.3) is 0 Å². The molecule has 1 aromatic carbocycles. The molecule has 8 heteroatoms. The molecule has 1 aliphatic rings. The lowest BCUT2D eigenvalue weighted by molar-refractivity contribution is -0.113. The second-order valence-electron chi connectivity index (χ2n) is 6.06. The van der Waals surface area contributed by atoms with E-state index >= 15 is 0 Å². The number of benzene rings is 1. The van der Waals surface area contributed by atoms with Gasteiger partial charge in [0.2, 0.25) is 11.0 Å². The number of carbonyl (C=O) groups is 1. The van der Waals surface area contributed by atoms with Crippen LogP contribution in [0.3, 0.4) is 0 Å². The first-order valence-electron chi connectivity index (χ1n) is 8.65. The van der Waals surface area contributed by atoms with E-state index in [2.05, 4.69) is 44.4 Å². The van der Waals surface area contributed by atoms with E-state index < -0.39 is 0 Å². The van der Waals surface area contributed by atoms with Gasteiger partial charge in [0.05, 0.1) is 5.75 Å². The minimum Gasteiger partial charge on any atom is -0.357 e. The van der Waals surface area contributed by atoms with Gasteiger partial charge in [0.1, 0.15) is 0 Å². The predicted molar refractivity (Wildman–Crippen MR) is 109 cm³/mol. The Morgan fingerprint density at radius 1 is 1.27 bits per heavy atom. The van der Waals surface area contributed by atoms with Crippen molar-refractivity contribution in [1.82, 2.24) is 15.1 Å². The van der Waals surface area contributed by atoms with Crippen LogP contribution in [0.2, 0.25) is 0 Å². The minimum atomic E-state index is -0.0434. The third-order valence-electron chi connectivity index (χ3n) is 3.97. The summed E-state index contributed by atoms with van der Waals surface area (Å²) >= 11 is 2.82. The Kier molecular flexibility index (Phi) is 7.04. The number of carbonyl (C=O) groups excluding carboxylic acids is 1. The van der Waals surface area contributed by atoms with Crippen LogP contribution in [0.1, 0.15) is 18.4 Å². The van der Waals surface area contributed by atoms with Crippen LogP contribution in [0, 0.1) is 0 Å². The molecule has 2 aromatic rings. The zero-order valence-corrected chi connectivity index (χ0v) is 16.2. The summed E-state index contributed by atoms with van der Waals surface area (Å²) in [6, 6.07) is 8.11. The second kappa shape index (κ2) is 9.70. The SMILES string of the molecule is C=CCNc1nnc(SCC(=O)Nc2ccc(CN3CCCC3)cc2)s1. The van der Waals surface area contributed by atoms with Crippen LogP contribution in [0.4, 0.5) is 10.8 Å². The molecule has 0 saturated carbocycles. The summed E-state index contributed by atoms with van der Waals surface area (Å²) < 4.78 is 0.771. The molecular weight excluding hydrogens is 366 g/mol. The molecule has 0 radical (unpaired) electrons. The zero-order chi connectivity index (χ0) is 18.2. The van der Waals surface area contributed by atoms with Crippen molar-refractivity contribution in [1.29, 1.82) is 0 Å². The number of nitrogens with one attached hydrogen (secondary N) is 2. The number of aromatic nitrogens is 2. The molecule has 6 nitrogen and oxygen atoms in total. The Morgan fingerprint density at radius 2 is 2.04 bits per heavy atom. The van der Waals surface area contributed by atoms with Crippen molar-refractivity contribution in [3.05, 3.63) is 42.5 Å². The normalized spacial score (nSPS) is 14.3. The summed E-state index contributed by atoms with van der Waals surface area (Å²) in [4.78, 5) is 14.6. The fourth-order valence-corrected chi connectivity index (χ4v) is 4.27. The number of thioether (sulfide) groups is 1. The minimum absolute atomic E-state index is 0.0434. The van der Waals surface area contributed by atoms with Crippen molar-refractivity contribution < 1.29 is 4.79 Å². The van der Waals surface area contributed by atoms with Crippen LogP contribution >= 0.6 is 23.1 Å². The lowest BCUT2D eigenvalue weighted by Gasteiger charge is -2.14. The lowest BCUT2D eigenvalue weighted by atomic mass is 10.2. The molecule has 0 spiro atoms. The third kappa shape index (κ3) is 5.82. The van der Waals surface area contributed by atoms with Gasteiger partial charge in [-0.05, 0) is 43.6 Å². The Balaban J connectivity index is 1.42. The van der Waals surface area contributed by atoms with E-state index in [1.54, 1.807) is 6.08 Å². The predicted octanol–water partition coefficient (Wildman–Crippen LogP) is 3.46. The molecule has 1 fully saturated rings. The summed E-state index contributed by atoms with van der Waals surface area (Å²) in [6.07, 6.45) is 4.36. The van der Waals surface area contributed by atoms with Crippen molar-refractivity contribution in [2.75, 3.05) is 36.0 Å². The van der Waals surface area contributed by atoms with E-state index in [0.29, 0.717) is 12.3 Å². The van der Waals surface area contributed by atoms with Crippen LogP contribution in [0.5, 0.6) is 0 Å². The average Bonchev–Trinajstić information content (AvgIpc) is 3.32. The smallest absolute Gasteiger partial charge is 0.234 e. The Morgan fingerprint density at radius 3 is 2.77 bits per heavy atom. The molecule has 3 rings (SSSR count). The van der Waals surface area contributed by atoms with Gasteiger partial charge in [0, 0.05) is 18.8 Å². The van der Waals surface area contributed by atoms with Gasteiger partial charge >= 0.3 is 0 Å². The van der Waals surface area contributed by atoms with Gasteiger partial charge in [-0.1, -0.05) is 41.3 Å². The van der Waals surface area contributed by atoms with Crippen LogP contribution in [-0.2, 0) is 11.3 Å². The lowest BCUT2D eigenvalue weighted by Crippen LogP contribution is -2.18. The number of hydrogen-bond acceptors (Lipinski definition) is 7. The molecule has 1 saturated heterocycles. The first kappa shape index (κ1) is 18.9. The van der Waals surface area contributed by atoms with Crippen molar-refractivity contribution in [3.63, 3.8) is 0 Å². The van der Waals surface area contributed by atoms with Crippen molar-refractivity contribution in [2.24, 2.45) is 0 Å². The topological polar surface area (TPSA) is 70.1 Å². The molecule has 1 aromatic heterocycles. The first-order chi connectivity index (χ1) is 12.7. The van der Waals surface area contributed by atoms with Gasteiger partial charge in [0.25, 0.3) is 0 Å². The molecule has 2 heterocycles. The molecular formula is C18H23N5OS2. The summed E-state index contributed by atoms with van der Waals surface area (Å²) in [6.45, 7) is 7.66. The second-order valence-corrected chi connectivity index (χ2v) is 8.26. The summed E-state index contributed by atoms with van der Waals surface area (Å²) in [5.74, 6) is 0.268. The highest BCUT2D eigenvalue weighted by molar-refractivity contribution is 8.01. The number of hydrogen-bond donors (Lipinski definition) is 2. The fraction of sp³-hybridized carbons (Fsp3) is 0.389. The molecule has 1 amide bonds. The highest BCUT2D eigenvalue weighted by Crippen LogP contribution is 2.25. The van der Waals surface area contributed by atoms with Crippen molar-refractivity contribution >= 4 is 39.8 Å².